The molecule has 1 fully saturated rings. The molecule has 1 aliphatic heterocycles. The molecular weight excluding hydrogens is 316 g/mol. The van der Waals surface area contributed by atoms with E-state index in [2.05, 4.69) is 56.3 Å². The molecule has 0 radical (unpaired) electrons. The Morgan fingerprint density at radius 3 is 2.52 bits per heavy atom. The summed E-state index contributed by atoms with van der Waals surface area (Å²) in [5.41, 5.74) is 9.33. The van der Waals surface area contributed by atoms with Crippen molar-refractivity contribution in [3.8, 4) is 0 Å². The van der Waals surface area contributed by atoms with E-state index < -0.39 is 0 Å². The fraction of sp³-hybridized carbons (Fsp3) is 0.444. The zero-order valence-electron chi connectivity index (χ0n) is 14.6. The minimum atomic E-state index is 0.197. The number of anilines is 3. The lowest BCUT2D eigenvalue weighted by Crippen LogP contribution is -2.47. The maximum absolute atomic E-state index is 9.05. The largest absolute Gasteiger partial charge is 0.395 e. The number of nitrogens with one attached hydrogen (secondary N) is 1. The van der Waals surface area contributed by atoms with Crippen LogP contribution in [0.25, 0.3) is 0 Å². The van der Waals surface area contributed by atoms with Gasteiger partial charge in [0.2, 0.25) is 0 Å². The second-order valence-electron chi connectivity index (χ2n) is 6.35. The topological polar surface area (TPSA) is 90.5 Å². The summed E-state index contributed by atoms with van der Waals surface area (Å²) in [6.07, 6.45) is 1.56. The van der Waals surface area contributed by atoms with Crippen LogP contribution in [0.4, 0.5) is 17.3 Å². The first-order chi connectivity index (χ1) is 12.2. The Balaban J connectivity index is 1.65. The molecule has 0 unspecified atom stereocenters. The number of β-amino-alcohol motifs (C(OH)–C–C–N with tert-alkyl or cyclic N) is 1. The molecule has 0 spiro atoms. The van der Waals surface area contributed by atoms with Crippen LogP contribution in [0.15, 0.2) is 30.6 Å². The summed E-state index contributed by atoms with van der Waals surface area (Å²) in [5.74, 6) is 1.45. The van der Waals surface area contributed by atoms with Crippen LogP contribution >= 0.6 is 0 Å². The van der Waals surface area contributed by atoms with E-state index in [4.69, 9.17) is 10.8 Å². The van der Waals surface area contributed by atoms with Crippen molar-refractivity contribution in [1.82, 2.24) is 14.9 Å². The zero-order chi connectivity index (χ0) is 17.6. The molecule has 1 aromatic heterocycles. The maximum Gasteiger partial charge on any atom is 0.157 e. The van der Waals surface area contributed by atoms with Crippen molar-refractivity contribution in [3.63, 3.8) is 0 Å². The van der Waals surface area contributed by atoms with Crippen LogP contribution < -0.4 is 16.0 Å². The van der Waals surface area contributed by atoms with Crippen LogP contribution in [0.2, 0.25) is 0 Å². The van der Waals surface area contributed by atoms with E-state index in [0.717, 1.165) is 38.5 Å². The highest BCUT2D eigenvalue weighted by atomic mass is 16.3. The van der Waals surface area contributed by atoms with Crippen LogP contribution in [0.1, 0.15) is 11.1 Å². The van der Waals surface area contributed by atoms with Gasteiger partial charge >= 0.3 is 0 Å². The Morgan fingerprint density at radius 1 is 1.12 bits per heavy atom. The number of nitrogens with zero attached hydrogens (tertiary/aromatic N) is 4. The van der Waals surface area contributed by atoms with Crippen molar-refractivity contribution in [1.29, 1.82) is 0 Å². The summed E-state index contributed by atoms with van der Waals surface area (Å²) in [7, 11) is 0. The number of hydrogen-bond donors (Lipinski definition) is 3. The molecule has 7 nitrogen and oxygen atoms in total. The fourth-order valence-electron chi connectivity index (χ4n) is 3.00. The van der Waals surface area contributed by atoms with Gasteiger partial charge in [0.25, 0.3) is 0 Å². The number of nitrogen functional groups attached to an aromatic ring is 1. The summed E-state index contributed by atoms with van der Waals surface area (Å²) in [4.78, 5) is 13.1. The number of benzene rings is 1. The summed E-state index contributed by atoms with van der Waals surface area (Å²) in [6, 6.07) is 8.39. The summed E-state index contributed by atoms with van der Waals surface area (Å²) in [5, 5.41) is 12.4. The summed E-state index contributed by atoms with van der Waals surface area (Å²) in [6.45, 7) is 7.15. The summed E-state index contributed by atoms with van der Waals surface area (Å²) < 4.78 is 0. The predicted molar refractivity (Wildman–Crippen MR) is 101 cm³/mol. The molecule has 4 N–H and O–H groups in total. The van der Waals surface area contributed by atoms with Gasteiger partial charge in [-0.1, -0.05) is 29.8 Å². The minimum Gasteiger partial charge on any atom is -0.395 e. The first kappa shape index (κ1) is 17.4. The smallest absolute Gasteiger partial charge is 0.157 e. The van der Waals surface area contributed by atoms with Crippen molar-refractivity contribution in [2.75, 3.05) is 55.3 Å². The minimum absolute atomic E-state index is 0.197. The second-order valence-corrected chi connectivity index (χ2v) is 6.35. The molecule has 1 aromatic carbocycles. The molecule has 25 heavy (non-hydrogen) atoms. The molecule has 3 rings (SSSR count). The van der Waals surface area contributed by atoms with E-state index in [0.29, 0.717) is 18.1 Å². The molecule has 1 aliphatic rings. The highest BCUT2D eigenvalue weighted by molar-refractivity contribution is 5.75. The number of hydrogen-bond acceptors (Lipinski definition) is 7. The van der Waals surface area contributed by atoms with Gasteiger partial charge in [-0.25, -0.2) is 9.97 Å². The van der Waals surface area contributed by atoms with Crippen molar-refractivity contribution in [3.05, 3.63) is 41.7 Å². The van der Waals surface area contributed by atoms with Gasteiger partial charge in [0.05, 0.1) is 6.61 Å². The van der Waals surface area contributed by atoms with Crippen molar-refractivity contribution < 1.29 is 5.11 Å². The quantitative estimate of drug-likeness (QED) is 0.724. The van der Waals surface area contributed by atoms with E-state index in [1.165, 1.54) is 11.1 Å². The molecule has 2 aromatic rings. The Bertz CT molecular complexity index is 682. The third-order valence-corrected chi connectivity index (χ3v) is 4.53. The molecule has 0 bridgehead atoms. The van der Waals surface area contributed by atoms with Crippen molar-refractivity contribution in [2.24, 2.45) is 0 Å². The monoisotopic (exact) mass is 342 g/mol. The maximum atomic E-state index is 9.05. The molecule has 0 saturated carbocycles. The zero-order valence-corrected chi connectivity index (χ0v) is 14.6. The molecule has 2 heterocycles. The van der Waals surface area contributed by atoms with E-state index in [1.807, 2.05) is 0 Å². The Labute approximate surface area is 148 Å². The van der Waals surface area contributed by atoms with Crippen LogP contribution in [-0.2, 0) is 6.54 Å². The van der Waals surface area contributed by atoms with Crippen molar-refractivity contribution in [2.45, 2.75) is 13.5 Å². The van der Waals surface area contributed by atoms with E-state index in [9.17, 15) is 0 Å². The average molecular weight is 342 g/mol. The number of aliphatic hydroxyl groups is 1. The van der Waals surface area contributed by atoms with E-state index in [1.54, 1.807) is 6.33 Å². The first-order valence-corrected chi connectivity index (χ1v) is 8.65. The Morgan fingerprint density at radius 2 is 1.84 bits per heavy atom. The fourth-order valence-corrected chi connectivity index (χ4v) is 3.00. The van der Waals surface area contributed by atoms with Gasteiger partial charge < -0.3 is 21.1 Å². The van der Waals surface area contributed by atoms with Crippen LogP contribution in [-0.4, -0.2) is 59.3 Å². The van der Waals surface area contributed by atoms with Gasteiger partial charge in [-0.15, -0.1) is 0 Å². The number of aromatic nitrogens is 2. The molecule has 1 saturated heterocycles. The molecule has 0 amide bonds. The standard InChI is InChI=1S/C18H26N6O/c1-14-2-4-15(5-3-14)12-20-17-16(19)18(22-13-21-17)24-8-6-23(7-9-24)10-11-25/h2-5,13,25H,6-12,19H2,1H3,(H,20,21,22). The summed E-state index contributed by atoms with van der Waals surface area (Å²) >= 11 is 0. The molecule has 0 aliphatic carbocycles. The lowest BCUT2D eigenvalue weighted by molar-refractivity contribution is 0.188. The van der Waals surface area contributed by atoms with Crippen LogP contribution in [0.3, 0.4) is 0 Å². The second kappa shape index (κ2) is 8.13. The van der Waals surface area contributed by atoms with Gasteiger partial charge in [0.15, 0.2) is 11.6 Å². The van der Waals surface area contributed by atoms with Gasteiger partial charge in [0, 0.05) is 39.3 Å². The normalized spacial score (nSPS) is 15.4. The lowest BCUT2D eigenvalue weighted by Gasteiger charge is -2.35. The molecule has 0 atom stereocenters. The highest BCUT2D eigenvalue weighted by Gasteiger charge is 2.20. The van der Waals surface area contributed by atoms with Crippen molar-refractivity contribution >= 4 is 17.3 Å². The lowest BCUT2D eigenvalue weighted by atomic mass is 10.1. The Hall–Kier alpha value is -2.38. The third-order valence-electron chi connectivity index (χ3n) is 4.53. The average Bonchev–Trinajstić information content (AvgIpc) is 2.63. The van der Waals surface area contributed by atoms with E-state index >= 15 is 0 Å². The number of rotatable bonds is 6. The number of nitrogens with two attached hydrogens (primary N) is 1. The van der Waals surface area contributed by atoms with Gasteiger partial charge in [-0.3, -0.25) is 4.90 Å². The third kappa shape index (κ3) is 4.37. The highest BCUT2D eigenvalue weighted by Crippen LogP contribution is 2.27. The van der Waals surface area contributed by atoms with Crippen LogP contribution in [0, 0.1) is 6.92 Å². The molecule has 7 heteroatoms. The number of aryl methyl sites for hydroxylation is 1. The number of piperazine rings is 1. The van der Waals surface area contributed by atoms with Gasteiger partial charge in [-0.2, -0.15) is 0 Å². The molecular formula is C18H26N6O. The SMILES string of the molecule is Cc1ccc(CNc2ncnc(N3CCN(CCO)CC3)c2N)cc1. The van der Waals surface area contributed by atoms with Crippen LogP contribution in [0.5, 0.6) is 0 Å². The molecule has 134 valence electrons. The Kier molecular flexibility index (Phi) is 5.67. The number of aliphatic hydroxyl groups excluding tert-OH is 1. The van der Waals surface area contributed by atoms with Gasteiger partial charge in [-0.05, 0) is 12.5 Å². The van der Waals surface area contributed by atoms with Gasteiger partial charge in [0.1, 0.15) is 12.0 Å². The predicted octanol–water partition coefficient (Wildman–Crippen LogP) is 1.09. The van der Waals surface area contributed by atoms with E-state index in [-0.39, 0.29) is 6.61 Å². The first-order valence-electron chi connectivity index (χ1n) is 8.65.